The van der Waals surface area contributed by atoms with Gasteiger partial charge in [-0.3, -0.25) is 9.59 Å². The zero-order valence-corrected chi connectivity index (χ0v) is 17.9. The molecule has 0 saturated heterocycles. The fourth-order valence-electron chi connectivity index (χ4n) is 3.85. The molecule has 0 saturated carbocycles. The lowest BCUT2D eigenvalue weighted by Gasteiger charge is -2.17. The molecule has 2 atom stereocenters. The van der Waals surface area contributed by atoms with E-state index in [0.29, 0.717) is 6.42 Å². The molecule has 4 N–H and O–H groups in total. The number of carboxylic acid groups (broad SMARTS) is 1. The lowest BCUT2D eigenvalue weighted by molar-refractivity contribution is -0.139. The van der Waals surface area contributed by atoms with Crippen LogP contribution in [0.15, 0.2) is 48.5 Å². The molecule has 2 aromatic carbocycles. The third kappa shape index (κ3) is 6.07. The minimum atomic E-state index is -1.13. The van der Waals surface area contributed by atoms with Gasteiger partial charge in [0.25, 0.3) is 0 Å². The van der Waals surface area contributed by atoms with Crippen molar-refractivity contribution < 1.29 is 29.3 Å². The van der Waals surface area contributed by atoms with E-state index < -0.39 is 24.6 Å². The highest BCUT2D eigenvalue weighted by atomic mass is 16.5. The Morgan fingerprint density at radius 2 is 1.62 bits per heavy atom. The number of ether oxygens (including phenoxy) is 1. The fourth-order valence-corrected chi connectivity index (χ4v) is 3.85. The van der Waals surface area contributed by atoms with Crippen molar-refractivity contribution in [2.24, 2.45) is 0 Å². The molecule has 1 aliphatic carbocycles. The van der Waals surface area contributed by atoms with Gasteiger partial charge in [-0.15, -0.1) is 0 Å². The van der Waals surface area contributed by atoms with Gasteiger partial charge in [-0.05, 0) is 35.6 Å². The van der Waals surface area contributed by atoms with Crippen molar-refractivity contribution in [2.75, 3.05) is 13.2 Å². The van der Waals surface area contributed by atoms with E-state index in [1.54, 1.807) is 6.92 Å². The Hall–Kier alpha value is -3.39. The second-order valence-electron chi connectivity index (χ2n) is 7.97. The highest BCUT2D eigenvalue weighted by Crippen LogP contribution is 2.44. The van der Waals surface area contributed by atoms with Crippen molar-refractivity contribution in [3.05, 3.63) is 59.7 Å². The number of carbonyl (C=O) groups is 3. The first kappa shape index (κ1) is 23.3. The van der Waals surface area contributed by atoms with Crippen LogP contribution in [-0.2, 0) is 14.3 Å². The second kappa shape index (κ2) is 10.8. The molecular formula is C24H28N2O6. The molecule has 2 amide bonds. The van der Waals surface area contributed by atoms with Crippen LogP contribution in [0.5, 0.6) is 0 Å². The maximum atomic E-state index is 12.3. The maximum absolute atomic E-state index is 12.3. The van der Waals surface area contributed by atoms with Crippen molar-refractivity contribution in [1.29, 1.82) is 0 Å². The lowest BCUT2D eigenvalue weighted by Crippen LogP contribution is -2.36. The van der Waals surface area contributed by atoms with Crippen LogP contribution >= 0.6 is 0 Å². The van der Waals surface area contributed by atoms with Gasteiger partial charge in [0.1, 0.15) is 6.61 Å². The van der Waals surface area contributed by atoms with E-state index >= 15 is 0 Å². The molecule has 0 aromatic heterocycles. The van der Waals surface area contributed by atoms with Crippen LogP contribution in [-0.4, -0.2) is 53.5 Å². The Labute approximate surface area is 186 Å². The van der Waals surface area contributed by atoms with Crippen LogP contribution in [0.25, 0.3) is 11.1 Å². The minimum Gasteiger partial charge on any atom is -0.481 e. The summed E-state index contributed by atoms with van der Waals surface area (Å²) >= 11 is 0. The molecule has 1 aliphatic rings. The van der Waals surface area contributed by atoms with E-state index in [9.17, 15) is 19.5 Å². The lowest BCUT2D eigenvalue weighted by atomic mass is 9.98. The molecule has 170 valence electrons. The van der Waals surface area contributed by atoms with Crippen LogP contribution < -0.4 is 10.6 Å². The number of hydrogen-bond acceptors (Lipinski definition) is 5. The highest BCUT2D eigenvalue weighted by Gasteiger charge is 2.29. The summed E-state index contributed by atoms with van der Waals surface area (Å²) in [5.41, 5.74) is 4.59. The first-order valence-corrected chi connectivity index (χ1v) is 10.6. The Kier molecular flexibility index (Phi) is 7.83. The van der Waals surface area contributed by atoms with E-state index in [4.69, 9.17) is 9.84 Å². The van der Waals surface area contributed by atoms with Crippen molar-refractivity contribution in [3.63, 3.8) is 0 Å². The van der Waals surface area contributed by atoms with Crippen molar-refractivity contribution in [1.82, 2.24) is 10.6 Å². The minimum absolute atomic E-state index is 0.0218. The average molecular weight is 440 g/mol. The van der Waals surface area contributed by atoms with Gasteiger partial charge in [-0.1, -0.05) is 48.5 Å². The van der Waals surface area contributed by atoms with E-state index in [1.807, 2.05) is 24.3 Å². The van der Waals surface area contributed by atoms with Gasteiger partial charge < -0.3 is 25.6 Å². The fraction of sp³-hybridized carbons (Fsp3) is 0.375. The maximum Gasteiger partial charge on any atom is 0.407 e. The molecule has 2 unspecified atom stereocenters. The van der Waals surface area contributed by atoms with Gasteiger partial charge in [-0.25, -0.2) is 4.79 Å². The van der Waals surface area contributed by atoms with Gasteiger partial charge in [-0.2, -0.15) is 0 Å². The molecule has 0 bridgehead atoms. The standard InChI is InChI=1S/C24H28N2O6/c1-15(10-11-22(28)25-13-16(27)12-23(29)30)26-24(31)32-14-21-19-8-4-2-6-17(19)18-7-3-5-9-20(18)21/h2-9,15-16,21,27H,10-14H2,1H3,(H,25,28)(H,26,31)(H,29,30). The third-order valence-corrected chi connectivity index (χ3v) is 5.46. The number of benzene rings is 2. The number of hydrogen-bond donors (Lipinski definition) is 4. The van der Waals surface area contributed by atoms with Crippen LogP contribution in [0, 0.1) is 0 Å². The summed E-state index contributed by atoms with van der Waals surface area (Å²) in [6, 6.07) is 15.9. The van der Waals surface area contributed by atoms with Crippen LogP contribution in [0.3, 0.4) is 0 Å². The topological polar surface area (TPSA) is 125 Å². The number of carbonyl (C=O) groups excluding carboxylic acids is 2. The molecule has 0 heterocycles. The number of fused-ring (bicyclic) bond motifs is 3. The van der Waals surface area contributed by atoms with Gasteiger partial charge in [0.05, 0.1) is 12.5 Å². The van der Waals surface area contributed by atoms with Gasteiger partial charge in [0.2, 0.25) is 5.91 Å². The highest BCUT2D eigenvalue weighted by molar-refractivity contribution is 5.79. The molecule has 0 spiro atoms. The Bertz CT molecular complexity index is 931. The van der Waals surface area contributed by atoms with Gasteiger partial charge in [0, 0.05) is 24.9 Å². The number of aliphatic hydroxyl groups excluding tert-OH is 1. The summed E-state index contributed by atoms with van der Waals surface area (Å²) in [7, 11) is 0. The van der Waals surface area contributed by atoms with Crippen LogP contribution in [0.2, 0.25) is 0 Å². The number of aliphatic carboxylic acids is 1. The molecule has 0 radical (unpaired) electrons. The Morgan fingerprint density at radius 3 is 2.22 bits per heavy atom. The first-order valence-electron chi connectivity index (χ1n) is 10.6. The molecule has 8 heteroatoms. The SMILES string of the molecule is CC(CCC(=O)NCC(O)CC(=O)O)NC(=O)OCC1c2ccccc2-c2ccccc21. The summed E-state index contributed by atoms with van der Waals surface area (Å²) in [6.07, 6.45) is -1.60. The quantitative estimate of drug-likeness (QED) is 0.450. The van der Waals surface area contributed by atoms with E-state index in [-0.39, 0.29) is 37.4 Å². The van der Waals surface area contributed by atoms with E-state index in [2.05, 4.69) is 34.9 Å². The number of aliphatic hydroxyl groups is 1. The van der Waals surface area contributed by atoms with Crippen molar-refractivity contribution in [2.45, 2.75) is 44.2 Å². The summed E-state index contributed by atoms with van der Waals surface area (Å²) < 4.78 is 5.49. The zero-order valence-electron chi connectivity index (χ0n) is 17.9. The number of nitrogens with one attached hydrogen (secondary N) is 2. The normalized spacial score (nSPS) is 14.1. The summed E-state index contributed by atoms with van der Waals surface area (Å²) in [5, 5.41) is 23.3. The second-order valence-corrected chi connectivity index (χ2v) is 7.97. The average Bonchev–Trinajstić information content (AvgIpc) is 3.08. The van der Waals surface area contributed by atoms with Crippen LogP contribution in [0.4, 0.5) is 4.79 Å². The molecular weight excluding hydrogens is 412 g/mol. The Morgan fingerprint density at radius 1 is 1.03 bits per heavy atom. The molecule has 3 rings (SSSR count). The number of amides is 2. The molecule has 2 aromatic rings. The predicted molar refractivity (Wildman–Crippen MR) is 118 cm³/mol. The van der Waals surface area contributed by atoms with E-state index in [1.165, 1.54) is 0 Å². The molecule has 8 nitrogen and oxygen atoms in total. The third-order valence-electron chi connectivity index (χ3n) is 5.46. The van der Waals surface area contributed by atoms with Crippen molar-refractivity contribution in [3.8, 4) is 11.1 Å². The largest absolute Gasteiger partial charge is 0.481 e. The molecule has 32 heavy (non-hydrogen) atoms. The molecule has 0 aliphatic heterocycles. The zero-order chi connectivity index (χ0) is 23.1. The van der Waals surface area contributed by atoms with E-state index in [0.717, 1.165) is 22.3 Å². The summed E-state index contributed by atoms with van der Waals surface area (Å²) in [5.74, 6) is -1.48. The van der Waals surface area contributed by atoms with Gasteiger partial charge in [0.15, 0.2) is 0 Å². The monoisotopic (exact) mass is 440 g/mol. The Balaban J connectivity index is 1.42. The number of rotatable bonds is 10. The summed E-state index contributed by atoms with van der Waals surface area (Å²) in [4.78, 5) is 34.6. The summed E-state index contributed by atoms with van der Waals surface area (Å²) in [6.45, 7) is 1.86. The van der Waals surface area contributed by atoms with Crippen molar-refractivity contribution >= 4 is 18.0 Å². The number of carboxylic acids is 1. The first-order chi connectivity index (χ1) is 15.3. The predicted octanol–water partition coefficient (Wildman–Crippen LogP) is 2.65. The smallest absolute Gasteiger partial charge is 0.407 e. The molecule has 0 fully saturated rings. The number of alkyl carbamates (subject to hydrolysis) is 1. The van der Waals surface area contributed by atoms with Gasteiger partial charge >= 0.3 is 12.1 Å². The van der Waals surface area contributed by atoms with Crippen LogP contribution in [0.1, 0.15) is 43.2 Å².